The van der Waals surface area contributed by atoms with Crippen molar-refractivity contribution in [1.29, 1.82) is 0 Å². The molecule has 0 aliphatic carbocycles. The van der Waals surface area contributed by atoms with Gasteiger partial charge in [-0.2, -0.15) is 0 Å². The monoisotopic (exact) mass is 247 g/mol. The zero-order chi connectivity index (χ0) is 13.5. The molecule has 0 saturated heterocycles. The molecule has 0 aliphatic heterocycles. The Morgan fingerprint density at radius 2 is 1.67 bits per heavy atom. The lowest BCUT2D eigenvalue weighted by Gasteiger charge is -2.24. The summed E-state index contributed by atoms with van der Waals surface area (Å²) in [4.78, 5) is 0. The molecule has 1 rings (SSSR count). The summed E-state index contributed by atoms with van der Waals surface area (Å²) in [5.41, 5.74) is 4.20. The van der Waals surface area contributed by atoms with E-state index in [2.05, 4.69) is 58.1 Å². The average Bonchev–Trinajstić information content (AvgIpc) is 2.33. The highest BCUT2D eigenvalue weighted by molar-refractivity contribution is 5.32. The Morgan fingerprint density at radius 1 is 1.06 bits per heavy atom. The van der Waals surface area contributed by atoms with Crippen LogP contribution < -0.4 is 5.32 Å². The Kier molecular flexibility index (Phi) is 6.42. The van der Waals surface area contributed by atoms with Gasteiger partial charge in [0.1, 0.15) is 0 Å². The molecule has 1 aromatic rings. The van der Waals surface area contributed by atoms with Gasteiger partial charge in [0.25, 0.3) is 0 Å². The standard InChI is InChI=1S/C17H29N/c1-6-8-16(9-7-2)18-15(5)17-12-13(3)10-11-14(17)4/h10-12,15-16,18H,6-9H2,1-5H3. The van der Waals surface area contributed by atoms with Gasteiger partial charge in [0.2, 0.25) is 0 Å². The molecule has 1 atom stereocenters. The second-order valence-corrected chi connectivity index (χ2v) is 5.52. The maximum absolute atomic E-state index is 3.80. The third-order valence-corrected chi connectivity index (χ3v) is 3.66. The van der Waals surface area contributed by atoms with Crippen LogP contribution in [0.3, 0.4) is 0 Å². The number of nitrogens with one attached hydrogen (secondary N) is 1. The number of rotatable bonds is 7. The molecule has 1 unspecified atom stereocenters. The van der Waals surface area contributed by atoms with Gasteiger partial charge in [-0.05, 0) is 44.7 Å². The minimum atomic E-state index is 0.452. The summed E-state index contributed by atoms with van der Waals surface area (Å²) in [6.07, 6.45) is 5.08. The predicted octanol–water partition coefficient (Wildman–Crippen LogP) is 4.92. The third kappa shape index (κ3) is 4.45. The van der Waals surface area contributed by atoms with Gasteiger partial charge < -0.3 is 5.32 Å². The lowest BCUT2D eigenvalue weighted by molar-refractivity contribution is 0.402. The van der Waals surface area contributed by atoms with Crippen molar-refractivity contribution in [2.45, 2.75) is 72.4 Å². The first-order chi connectivity index (χ1) is 8.58. The molecule has 1 heteroatoms. The molecular formula is C17H29N. The fourth-order valence-electron chi connectivity index (χ4n) is 2.68. The molecule has 0 radical (unpaired) electrons. The van der Waals surface area contributed by atoms with Crippen LogP contribution in [0.5, 0.6) is 0 Å². The summed E-state index contributed by atoms with van der Waals surface area (Å²) in [6, 6.07) is 7.86. The first-order valence-corrected chi connectivity index (χ1v) is 7.41. The van der Waals surface area contributed by atoms with Crippen LogP contribution in [0.25, 0.3) is 0 Å². The topological polar surface area (TPSA) is 12.0 Å². The number of benzene rings is 1. The molecule has 0 fully saturated rings. The zero-order valence-electron chi connectivity index (χ0n) is 12.7. The van der Waals surface area contributed by atoms with E-state index in [1.54, 1.807) is 0 Å². The fourth-order valence-corrected chi connectivity index (χ4v) is 2.68. The quantitative estimate of drug-likeness (QED) is 0.721. The van der Waals surface area contributed by atoms with Crippen molar-refractivity contribution < 1.29 is 0 Å². The Labute approximate surface area is 113 Å². The van der Waals surface area contributed by atoms with Gasteiger partial charge in [0, 0.05) is 12.1 Å². The molecule has 1 aromatic carbocycles. The van der Waals surface area contributed by atoms with Gasteiger partial charge in [0.15, 0.2) is 0 Å². The molecule has 0 spiro atoms. The molecule has 1 nitrogen and oxygen atoms in total. The van der Waals surface area contributed by atoms with Crippen molar-refractivity contribution in [2.24, 2.45) is 0 Å². The maximum Gasteiger partial charge on any atom is 0.0297 e. The van der Waals surface area contributed by atoms with Gasteiger partial charge >= 0.3 is 0 Å². The van der Waals surface area contributed by atoms with Gasteiger partial charge in [-0.3, -0.25) is 0 Å². The summed E-state index contributed by atoms with van der Waals surface area (Å²) in [6.45, 7) is 11.2. The van der Waals surface area contributed by atoms with E-state index in [0.717, 1.165) is 0 Å². The van der Waals surface area contributed by atoms with Crippen LogP contribution in [0, 0.1) is 13.8 Å². The normalized spacial score (nSPS) is 13.0. The van der Waals surface area contributed by atoms with Crippen LogP contribution in [-0.2, 0) is 0 Å². The second kappa shape index (κ2) is 7.58. The van der Waals surface area contributed by atoms with Crippen LogP contribution >= 0.6 is 0 Å². The van der Waals surface area contributed by atoms with E-state index in [-0.39, 0.29) is 0 Å². The Hall–Kier alpha value is -0.820. The molecular weight excluding hydrogens is 218 g/mol. The molecule has 0 aromatic heterocycles. The SMILES string of the molecule is CCCC(CCC)NC(C)c1cc(C)ccc1C. The first kappa shape index (κ1) is 15.2. The van der Waals surface area contributed by atoms with Crippen LogP contribution in [0.1, 0.15) is 69.2 Å². The predicted molar refractivity (Wildman–Crippen MR) is 81.1 cm³/mol. The minimum absolute atomic E-state index is 0.452. The summed E-state index contributed by atoms with van der Waals surface area (Å²) in [5, 5.41) is 3.80. The van der Waals surface area contributed by atoms with E-state index in [0.29, 0.717) is 12.1 Å². The summed E-state index contributed by atoms with van der Waals surface area (Å²) >= 11 is 0. The second-order valence-electron chi connectivity index (χ2n) is 5.52. The van der Waals surface area contributed by atoms with Crippen molar-refractivity contribution in [3.05, 3.63) is 34.9 Å². The lowest BCUT2D eigenvalue weighted by Crippen LogP contribution is -2.31. The molecule has 0 saturated carbocycles. The van der Waals surface area contributed by atoms with E-state index in [1.165, 1.54) is 42.4 Å². The number of aryl methyl sites for hydroxylation is 2. The first-order valence-electron chi connectivity index (χ1n) is 7.41. The highest BCUT2D eigenvalue weighted by Gasteiger charge is 2.13. The van der Waals surface area contributed by atoms with Gasteiger partial charge in [-0.25, -0.2) is 0 Å². The van der Waals surface area contributed by atoms with Gasteiger partial charge in [-0.1, -0.05) is 50.5 Å². The van der Waals surface area contributed by atoms with Crippen molar-refractivity contribution >= 4 is 0 Å². The summed E-state index contributed by atoms with van der Waals surface area (Å²) in [5.74, 6) is 0. The van der Waals surface area contributed by atoms with Gasteiger partial charge in [0.05, 0.1) is 0 Å². The molecule has 18 heavy (non-hydrogen) atoms. The number of hydrogen-bond acceptors (Lipinski definition) is 1. The smallest absolute Gasteiger partial charge is 0.0297 e. The van der Waals surface area contributed by atoms with E-state index >= 15 is 0 Å². The van der Waals surface area contributed by atoms with Gasteiger partial charge in [-0.15, -0.1) is 0 Å². The molecule has 0 aliphatic rings. The zero-order valence-corrected chi connectivity index (χ0v) is 12.7. The van der Waals surface area contributed by atoms with Crippen LogP contribution in [0.4, 0.5) is 0 Å². The molecule has 102 valence electrons. The van der Waals surface area contributed by atoms with Crippen molar-refractivity contribution in [1.82, 2.24) is 5.32 Å². The fraction of sp³-hybridized carbons (Fsp3) is 0.647. The lowest BCUT2D eigenvalue weighted by atomic mass is 9.98. The summed E-state index contributed by atoms with van der Waals surface area (Å²) < 4.78 is 0. The average molecular weight is 247 g/mol. The highest BCUT2D eigenvalue weighted by Crippen LogP contribution is 2.20. The highest BCUT2D eigenvalue weighted by atomic mass is 14.9. The molecule has 0 heterocycles. The Bertz CT molecular complexity index is 351. The largest absolute Gasteiger partial charge is 0.307 e. The van der Waals surface area contributed by atoms with Crippen molar-refractivity contribution in [2.75, 3.05) is 0 Å². The third-order valence-electron chi connectivity index (χ3n) is 3.66. The number of hydrogen-bond donors (Lipinski definition) is 1. The van der Waals surface area contributed by atoms with Crippen LogP contribution in [-0.4, -0.2) is 6.04 Å². The minimum Gasteiger partial charge on any atom is -0.307 e. The van der Waals surface area contributed by atoms with Crippen molar-refractivity contribution in [3.63, 3.8) is 0 Å². The molecule has 0 amide bonds. The van der Waals surface area contributed by atoms with Crippen LogP contribution in [0.2, 0.25) is 0 Å². The Morgan fingerprint density at radius 3 is 2.22 bits per heavy atom. The van der Waals surface area contributed by atoms with Crippen LogP contribution in [0.15, 0.2) is 18.2 Å². The van der Waals surface area contributed by atoms with E-state index in [1.807, 2.05) is 0 Å². The molecule has 0 bridgehead atoms. The summed E-state index contributed by atoms with van der Waals surface area (Å²) in [7, 11) is 0. The van der Waals surface area contributed by atoms with E-state index in [4.69, 9.17) is 0 Å². The van der Waals surface area contributed by atoms with E-state index < -0.39 is 0 Å². The molecule has 1 N–H and O–H groups in total. The van der Waals surface area contributed by atoms with E-state index in [9.17, 15) is 0 Å². The van der Waals surface area contributed by atoms with Crippen molar-refractivity contribution in [3.8, 4) is 0 Å². The maximum atomic E-state index is 3.80. The Balaban J connectivity index is 2.73.